The number of benzene rings is 1. The molecule has 21 heavy (non-hydrogen) atoms. The van der Waals surface area contributed by atoms with Gasteiger partial charge in [-0.2, -0.15) is 0 Å². The van der Waals surface area contributed by atoms with E-state index in [1.807, 2.05) is 11.3 Å². The predicted octanol–water partition coefficient (Wildman–Crippen LogP) is 5.35. The highest BCUT2D eigenvalue weighted by atomic mass is 32.1. The SMILES string of the molecule is CCCNC(CCc1cccs1)c1c(C)cc(C)cc1C. The average molecular weight is 301 g/mol. The molecule has 0 aliphatic heterocycles. The van der Waals surface area contributed by atoms with Gasteiger partial charge >= 0.3 is 0 Å². The number of thiophene rings is 1. The summed E-state index contributed by atoms with van der Waals surface area (Å²) < 4.78 is 0. The maximum absolute atomic E-state index is 3.75. The van der Waals surface area contributed by atoms with E-state index >= 15 is 0 Å². The van der Waals surface area contributed by atoms with Crippen LogP contribution in [0.3, 0.4) is 0 Å². The van der Waals surface area contributed by atoms with Gasteiger partial charge in [-0.3, -0.25) is 0 Å². The Labute approximate surface area is 133 Å². The molecule has 2 rings (SSSR count). The highest BCUT2D eigenvalue weighted by molar-refractivity contribution is 7.09. The van der Waals surface area contributed by atoms with E-state index in [1.54, 1.807) is 0 Å². The number of rotatable bonds is 7. The monoisotopic (exact) mass is 301 g/mol. The summed E-state index contributed by atoms with van der Waals surface area (Å²) in [6.07, 6.45) is 3.51. The third-order valence-electron chi connectivity index (χ3n) is 3.99. The Kier molecular flexibility index (Phi) is 6.01. The summed E-state index contributed by atoms with van der Waals surface area (Å²) in [5, 5.41) is 5.93. The van der Waals surface area contributed by atoms with Crippen molar-refractivity contribution in [2.24, 2.45) is 0 Å². The number of aryl methyl sites for hydroxylation is 4. The zero-order valence-corrected chi connectivity index (χ0v) is 14.5. The smallest absolute Gasteiger partial charge is 0.0328 e. The Morgan fingerprint density at radius 1 is 1.14 bits per heavy atom. The minimum atomic E-state index is 0.465. The Hall–Kier alpha value is -1.12. The molecule has 1 N–H and O–H groups in total. The fraction of sp³-hybridized carbons (Fsp3) is 0.474. The van der Waals surface area contributed by atoms with E-state index in [-0.39, 0.29) is 0 Å². The van der Waals surface area contributed by atoms with Gasteiger partial charge in [0.1, 0.15) is 0 Å². The highest BCUT2D eigenvalue weighted by Gasteiger charge is 2.16. The van der Waals surface area contributed by atoms with Gasteiger partial charge in [-0.15, -0.1) is 11.3 Å². The van der Waals surface area contributed by atoms with E-state index in [9.17, 15) is 0 Å². The summed E-state index contributed by atoms with van der Waals surface area (Å²) in [5.74, 6) is 0. The van der Waals surface area contributed by atoms with Crippen LogP contribution in [0, 0.1) is 20.8 Å². The second-order valence-corrected chi connectivity index (χ2v) is 6.97. The quantitative estimate of drug-likeness (QED) is 0.727. The first-order valence-corrected chi connectivity index (χ1v) is 8.83. The summed E-state index contributed by atoms with van der Waals surface area (Å²) in [4.78, 5) is 1.49. The van der Waals surface area contributed by atoms with Crippen LogP contribution >= 0.6 is 11.3 Å². The molecule has 0 bridgehead atoms. The molecule has 1 unspecified atom stereocenters. The van der Waals surface area contributed by atoms with Gasteiger partial charge in [0.15, 0.2) is 0 Å². The van der Waals surface area contributed by atoms with Crippen LogP contribution in [-0.2, 0) is 6.42 Å². The van der Waals surface area contributed by atoms with Gasteiger partial charge in [-0.1, -0.05) is 30.7 Å². The fourth-order valence-electron chi connectivity index (χ4n) is 3.15. The Balaban J connectivity index is 2.18. The van der Waals surface area contributed by atoms with Crippen molar-refractivity contribution < 1.29 is 0 Å². The van der Waals surface area contributed by atoms with Gasteiger partial charge in [-0.25, -0.2) is 0 Å². The fourth-order valence-corrected chi connectivity index (χ4v) is 3.87. The lowest BCUT2D eigenvalue weighted by Crippen LogP contribution is -2.24. The van der Waals surface area contributed by atoms with Crippen LogP contribution in [0.25, 0.3) is 0 Å². The normalized spacial score (nSPS) is 12.6. The lowest BCUT2D eigenvalue weighted by molar-refractivity contribution is 0.497. The molecule has 0 saturated carbocycles. The molecule has 0 spiro atoms. The molecule has 1 nitrogen and oxygen atoms in total. The van der Waals surface area contributed by atoms with Gasteiger partial charge in [0, 0.05) is 10.9 Å². The molecule has 1 aromatic carbocycles. The van der Waals surface area contributed by atoms with Crippen LogP contribution in [0.1, 0.15) is 52.9 Å². The van der Waals surface area contributed by atoms with Gasteiger partial charge < -0.3 is 5.32 Å². The van der Waals surface area contributed by atoms with Crippen molar-refractivity contribution in [2.45, 2.75) is 53.0 Å². The van der Waals surface area contributed by atoms with Gasteiger partial charge in [0.05, 0.1) is 0 Å². The maximum atomic E-state index is 3.75. The molecular formula is C19H27NS. The van der Waals surface area contributed by atoms with E-state index in [1.165, 1.54) is 40.0 Å². The number of nitrogens with one attached hydrogen (secondary N) is 1. The number of hydrogen-bond acceptors (Lipinski definition) is 2. The summed E-state index contributed by atoms with van der Waals surface area (Å²) in [6.45, 7) is 10.0. The van der Waals surface area contributed by atoms with E-state index < -0.39 is 0 Å². The molecule has 0 amide bonds. The van der Waals surface area contributed by atoms with Crippen molar-refractivity contribution >= 4 is 11.3 Å². The summed E-state index contributed by atoms with van der Waals surface area (Å²) in [5.41, 5.74) is 5.71. The molecule has 0 saturated heterocycles. The zero-order chi connectivity index (χ0) is 15.2. The van der Waals surface area contributed by atoms with Crippen molar-refractivity contribution in [3.8, 4) is 0 Å². The van der Waals surface area contributed by atoms with Gasteiger partial charge in [-0.05, 0) is 74.7 Å². The third kappa shape index (κ3) is 4.42. The first-order chi connectivity index (χ1) is 10.1. The molecule has 1 aromatic heterocycles. The van der Waals surface area contributed by atoms with Crippen molar-refractivity contribution in [3.05, 3.63) is 56.8 Å². The standard InChI is InChI=1S/C19H27NS/c1-5-10-20-18(9-8-17-7-6-11-21-17)19-15(3)12-14(2)13-16(19)4/h6-7,11-13,18,20H,5,8-10H2,1-4H3. The van der Waals surface area contributed by atoms with Gasteiger partial charge in [0.25, 0.3) is 0 Å². The highest BCUT2D eigenvalue weighted by Crippen LogP contribution is 2.28. The molecule has 114 valence electrons. The molecule has 0 aliphatic carbocycles. The van der Waals surface area contributed by atoms with Gasteiger partial charge in [0.2, 0.25) is 0 Å². The van der Waals surface area contributed by atoms with Crippen LogP contribution in [0.15, 0.2) is 29.6 Å². The van der Waals surface area contributed by atoms with Crippen LogP contribution in [0.5, 0.6) is 0 Å². The second kappa shape index (κ2) is 7.77. The molecule has 1 atom stereocenters. The van der Waals surface area contributed by atoms with Crippen LogP contribution < -0.4 is 5.32 Å². The summed E-state index contributed by atoms with van der Waals surface area (Å²) in [7, 11) is 0. The van der Waals surface area contributed by atoms with E-state index in [2.05, 4.69) is 62.7 Å². The van der Waals surface area contributed by atoms with Crippen LogP contribution in [0.2, 0.25) is 0 Å². The first kappa shape index (κ1) is 16.3. The minimum Gasteiger partial charge on any atom is -0.310 e. The average Bonchev–Trinajstić information content (AvgIpc) is 2.93. The number of hydrogen-bond donors (Lipinski definition) is 1. The molecule has 0 aliphatic rings. The van der Waals surface area contributed by atoms with Crippen molar-refractivity contribution in [3.63, 3.8) is 0 Å². The van der Waals surface area contributed by atoms with Crippen LogP contribution in [-0.4, -0.2) is 6.54 Å². The van der Waals surface area contributed by atoms with Crippen molar-refractivity contribution in [1.29, 1.82) is 0 Å². The Morgan fingerprint density at radius 2 is 1.86 bits per heavy atom. The maximum Gasteiger partial charge on any atom is 0.0328 e. The first-order valence-electron chi connectivity index (χ1n) is 7.95. The third-order valence-corrected chi connectivity index (χ3v) is 4.92. The van der Waals surface area contributed by atoms with Crippen molar-refractivity contribution in [1.82, 2.24) is 5.32 Å². The lowest BCUT2D eigenvalue weighted by atomic mass is 9.91. The molecule has 0 fully saturated rings. The summed E-state index contributed by atoms with van der Waals surface area (Å²) in [6, 6.07) is 9.49. The molecule has 1 heterocycles. The lowest BCUT2D eigenvalue weighted by Gasteiger charge is -2.23. The second-order valence-electron chi connectivity index (χ2n) is 5.94. The Morgan fingerprint density at radius 3 is 2.43 bits per heavy atom. The zero-order valence-electron chi connectivity index (χ0n) is 13.7. The molecule has 0 radical (unpaired) electrons. The van der Waals surface area contributed by atoms with Crippen molar-refractivity contribution in [2.75, 3.05) is 6.54 Å². The molecule has 2 heteroatoms. The predicted molar refractivity (Wildman–Crippen MR) is 94.3 cm³/mol. The minimum absolute atomic E-state index is 0.465. The largest absolute Gasteiger partial charge is 0.310 e. The van der Waals surface area contributed by atoms with E-state index in [0.29, 0.717) is 6.04 Å². The topological polar surface area (TPSA) is 12.0 Å². The van der Waals surface area contributed by atoms with E-state index in [0.717, 1.165) is 13.0 Å². The summed E-state index contributed by atoms with van der Waals surface area (Å²) >= 11 is 1.87. The molecular weight excluding hydrogens is 274 g/mol. The van der Waals surface area contributed by atoms with Crippen LogP contribution in [0.4, 0.5) is 0 Å². The molecule has 2 aromatic rings. The van der Waals surface area contributed by atoms with E-state index in [4.69, 9.17) is 0 Å². The Bertz CT molecular complexity index is 534.